The van der Waals surface area contributed by atoms with Gasteiger partial charge in [-0.3, -0.25) is 14.5 Å². The smallest absolute Gasteiger partial charge is 0.232 e. The molecular formula is C25H25ClFNO3. The third kappa shape index (κ3) is 4.11. The van der Waals surface area contributed by atoms with Crippen molar-refractivity contribution >= 4 is 29.0 Å². The van der Waals surface area contributed by atoms with Crippen LogP contribution in [0, 0.1) is 11.2 Å². The Morgan fingerprint density at radius 1 is 1.13 bits per heavy atom. The summed E-state index contributed by atoms with van der Waals surface area (Å²) in [4.78, 5) is 28.2. The second kappa shape index (κ2) is 8.12. The Hall–Kier alpha value is -2.66. The summed E-state index contributed by atoms with van der Waals surface area (Å²) in [5.41, 5.74) is 2.48. The van der Waals surface area contributed by atoms with E-state index < -0.39 is 5.82 Å². The Morgan fingerprint density at radius 3 is 2.48 bits per heavy atom. The summed E-state index contributed by atoms with van der Waals surface area (Å²) in [6.45, 7) is 6.54. The molecule has 1 aliphatic carbocycles. The highest BCUT2D eigenvalue weighted by Crippen LogP contribution is 2.48. The third-order valence-corrected chi connectivity index (χ3v) is 6.19. The van der Waals surface area contributed by atoms with E-state index >= 15 is 0 Å². The fourth-order valence-electron chi connectivity index (χ4n) is 4.59. The first kappa shape index (κ1) is 21.6. The molecule has 0 aromatic heterocycles. The van der Waals surface area contributed by atoms with Crippen LogP contribution in [0.4, 0.5) is 10.1 Å². The Balaban J connectivity index is 1.84. The van der Waals surface area contributed by atoms with Crippen LogP contribution in [-0.4, -0.2) is 18.3 Å². The van der Waals surface area contributed by atoms with Crippen molar-refractivity contribution in [1.29, 1.82) is 0 Å². The summed E-state index contributed by atoms with van der Waals surface area (Å²) in [7, 11) is 0. The zero-order valence-electron chi connectivity index (χ0n) is 17.9. The molecule has 1 heterocycles. The minimum absolute atomic E-state index is 0.0517. The van der Waals surface area contributed by atoms with E-state index in [0.717, 1.165) is 11.3 Å². The summed E-state index contributed by atoms with van der Waals surface area (Å²) in [5.74, 6) is -0.187. The van der Waals surface area contributed by atoms with E-state index in [2.05, 4.69) is 0 Å². The number of Topliss-reactive ketones (excluding diaryl/α,β-unsaturated/α-hetero) is 1. The average molecular weight is 442 g/mol. The summed E-state index contributed by atoms with van der Waals surface area (Å²) >= 11 is 6.00. The summed E-state index contributed by atoms with van der Waals surface area (Å²) in [5, 5.41) is -0.0533. The number of benzene rings is 2. The van der Waals surface area contributed by atoms with Crippen LogP contribution in [-0.2, 0) is 9.59 Å². The highest BCUT2D eigenvalue weighted by Gasteiger charge is 2.44. The predicted molar refractivity (Wildman–Crippen MR) is 119 cm³/mol. The van der Waals surface area contributed by atoms with E-state index in [1.807, 2.05) is 45.0 Å². The number of ether oxygens (including phenoxy) is 1. The standard InChI is InChI=1S/C25H25ClFNO3/c1-4-31-17-8-5-15(6-9-17)18-12-23(30)28(16-7-10-20(27)19(26)11-16)21-13-25(2,3)14-22(29)24(18)21/h5-11,18H,4,12-14H2,1-3H3. The molecule has 1 unspecified atom stereocenters. The maximum Gasteiger partial charge on any atom is 0.232 e. The first-order chi connectivity index (χ1) is 14.7. The van der Waals surface area contributed by atoms with Crippen LogP contribution in [0.25, 0.3) is 0 Å². The molecule has 0 spiro atoms. The Bertz CT molecular complexity index is 1070. The van der Waals surface area contributed by atoms with Crippen LogP contribution in [0.15, 0.2) is 53.7 Å². The number of hydrogen-bond acceptors (Lipinski definition) is 3. The molecule has 1 atom stereocenters. The Labute approximate surface area is 186 Å². The van der Waals surface area contributed by atoms with E-state index in [1.165, 1.54) is 18.2 Å². The molecule has 162 valence electrons. The number of nitrogens with zero attached hydrogens (tertiary/aromatic N) is 1. The monoisotopic (exact) mass is 441 g/mol. The topological polar surface area (TPSA) is 46.6 Å². The second-order valence-electron chi connectivity index (χ2n) is 8.89. The van der Waals surface area contributed by atoms with Crippen LogP contribution >= 0.6 is 11.6 Å². The number of hydrogen-bond donors (Lipinski definition) is 0. The fourth-order valence-corrected chi connectivity index (χ4v) is 4.76. The normalized spacial score (nSPS) is 20.7. The summed E-state index contributed by atoms with van der Waals surface area (Å²) in [6, 6.07) is 11.8. The first-order valence-corrected chi connectivity index (χ1v) is 10.8. The molecule has 0 radical (unpaired) electrons. The van der Waals surface area contributed by atoms with Gasteiger partial charge in [0.05, 0.1) is 17.3 Å². The lowest BCUT2D eigenvalue weighted by Gasteiger charge is -2.43. The number of carbonyl (C=O) groups excluding carboxylic acids is 2. The molecule has 4 rings (SSSR count). The van der Waals surface area contributed by atoms with Gasteiger partial charge in [0.2, 0.25) is 5.91 Å². The van der Waals surface area contributed by atoms with E-state index in [0.29, 0.717) is 36.4 Å². The van der Waals surface area contributed by atoms with Gasteiger partial charge in [0, 0.05) is 30.0 Å². The van der Waals surface area contributed by atoms with Crippen molar-refractivity contribution in [3.8, 4) is 5.75 Å². The van der Waals surface area contributed by atoms with Crippen molar-refractivity contribution in [3.63, 3.8) is 0 Å². The van der Waals surface area contributed by atoms with Gasteiger partial charge in [-0.25, -0.2) is 4.39 Å². The summed E-state index contributed by atoms with van der Waals surface area (Å²) in [6.07, 6.45) is 1.15. The molecule has 0 fully saturated rings. The highest BCUT2D eigenvalue weighted by atomic mass is 35.5. The number of carbonyl (C=O) groups is 2. The number of ketones is 1. The molecule has 6 heteroatoms. The van der Waals surface area contributed by atoms with Crippen molar-refractivity contribution in [1.82, 2.24) is 0 Å². The van der Waals surface area contributed by atoms with Gasteiger partial charge in [-0.1, -0.05) is 37.6 Å². The predicted octanol–water partition coefficient (Wildman–Crippen LogP) is 6.04. The van der Waals surface area contributed by atoms with E-state index in [9.17, 15) is 14.0 Å². The minimum Gasteiger partial charge on any atom is -0.494 e. The highest BCUT2D eigenvalue weighted by molar-refractivity contribution is 6.31. The van der Waals surface area contributed by atoms with Crippen LogP contribution < -0.4 is 9.64 Å². The molecule has 0 N–H and O–H groups in total. The Morgan fingerprint density at radius 2 is 1.84 bits per heavy atom. The van der Waals surface area contributed by atoms with Gasteiger partial charge in [0.25, 0.3) is 0 Å². The molecule has 1 amide bonds. The van der Waals surface area contributed by atoms with Crippen molar-refractivity contribution in [2.45, 2.75) is 46.0 Å². The number of rotatable bonds is 4. The maximum atomic E-state index is 13.7. The molecule has 0 saturated carbocycles. The minimum atomic E-state index is -0.545. The second-order valence-corrected chi connectivity index (χ2v) is 9.29. The van der Waals surface area contributed by atoms with Crippen molar-refractivity contribution in [2.75, 3.05) is 11.5 Å². The molecule has 2 aromatic carbocycles. The van der Waals surface area contributed by atoms with Gasteiger partial charge >= 0.3 is 0 Å². The lowest BCUT2D eigenvalue weighted by molar-refractivity contribution is -0.121. The molecule has 2 aromatic rings. The number of allylic oxidation sites excluding steroid dienone is 2. The first-order valence-electron chi connectivity index (χ1n) is 10.5. The molecule has 0 saturated heterocycles. The van der Waals surface area contributed by atoms with E-state index in [4.69, 9.17) is 16.3 Å². The van der Waals surface area contributed by atoms with Gasteiger partial charge in [0.15, 0.2) is 5.78 Å². The van der Waals surface area contributed by atoms with E-state index in [1.54, 1.807) is 4.90 Å². The average Bonchev–Trinajstić information content (AvgIpc) is 2.69. The van der Waals surface area contributed by atoms with Gasteiger partial charge in [-0.05, 0) is 54.7 Å². The van der Waals surface area contributed by atoms with Gasteiger partial charge in [-0.2, -0.15) is 0 Å². The molecule has 1 aliphatic heterocycles. The molecule has 2 aliphatic rings. The molecule has 0 bridgehead atoms. The van der Waals surface area contributed by atoms with Crippen LogP contribution in [0.3, 0.4) is 0 Å². The lowest BCUT2D eigenvalue weighted by Crippen LogP contribution is -2.43. The molecular weight excluding hydrogens is 417 g/mol. The largest absolute Gasteiger partial charge is 0.494 e. The number of amides is 1. The van der Waals surface area contributed by atoms with Gasteiger partial charge in [0.1, 0.15) is 11.6 Å². The Kier molecular flexibility index (Phi) is 5.65. The quantitative estimate of drug-likeness (QED) is 0.581. The molecule has 4 nitrogen and oxygen atoms in total. The lowest BCUT2D eigenvalue weighted by atomic mass is 9.69. The molecule has 31 heavy (non-hydrogen) atoms. The van der Waals surface area contributed by atoms with Crippen molar-refractivity contribution in [2.24, 2.45) is 5.41 Å². The zero-order valence-corrected chi connectivity index (χ0v) is 18.6. The van der Waals surface area contributed by atoms with Crippen LogP contribution in [0.2, 0.25) is 5.02 Å². The van der Waals surface area contributed by atoms with Crippen LogP contribution in [0.5, 0.6) is 5.75 Å². The SMILES string of the molecule is CCOc1ccc(C2CC(=O)N(c3ccc(F)c(Cl)c3)C3=C2C(=O)CC(C)(C)C3)cc1. The van der Waals surface area contributed by atoms with Crippen LogP contribution in [0.1, 0.15) is 51.5 Å². The number of anilines is 1. The number of halogens is 2. The zero-order chi connectivity index (χ0) is 22.3. The van der Waals surface area contributed by atoms with Crippen molar-refractivity contribution < 1.29 is 18.7 Å². The van der Waals surface area contributed by atoms with E-state index in [-0.39, 0.29) is 34.5 Å². The third-order valence-electron chi connectivity index (χ3n) is 5.90. The van der Waals surface area contributed by atoms with Crippen molar-refractivity contribution in [3.05, 3.63) is 70.1 Å². The van der Waals surface area contributed by atoms with Gasteiger partial charge in [-0.15, -0.1) is 0 Å². The summed E-state index contributed by atoms with van der Waals surface area (Å²) < 4.78 is 19.3. The maximum absolute atomic E-state index is 13.7. The van der Waals surface area contributed by atoms with Gasteiger partial charge < -0.3 is 4.74 Å². The fraction of sp³-hybridized carbons (Fsp3) is 0.360.